The summed E-state index contributed by atoms with van der Waals surface area (Å²) in [5.41, 5.74) is 1.79. The molecule has 0 saturated carbocycles. The average molecular weight is 235 g/mol. The molecule has 0 atom stereocenters. The maximum atomic E-state index is 12.9. The quantitative estimate of drug-likeness (QED) is 0.771. The summed E-state index contributed by atoms with van der Waals surface area (Å²) in [6, 6.07) is 4.62. The first-order valence-electron chi connectivity index (χ1n) is 6.19. The molecular weight excluding hydrogens is 217 g/mol. The molecule has 1 heterocycles. The maximum Gasteiger partial charge on any atom is 0.226 e. The molecule has 1 amide bonds. The normalized spacial score (nSPS) is 16.0. The minimum absolute atomic E-state index is 0.166. The molecule has 0 N–H and O–H groups in total. The van der Waals surface area contributed by atoms with Crippen LogP contribution < -0.4 is 0 Å². The molecule has 0 radical (unpaired) electrons. The van der Waals surface area contributed by atoms with Gasteiger partial charge in [-0.2, -0.15) is 0 Å². The van der Waals surface area contributed by atoms with Crippen molar-refractivity contribution in [3.63, 3.8) is 0 Å². The first-order valence-corrected chi connectivity index (χ1v) is 6.19. The van der Waals surface area contributed by atoms with E-state index in [-0.39, 0.29) is 11.7 Å². The second-order valence-corrected chi connectivity index (χ2v) is 4.69. The summed E-state index contributed by atoms with van der Waals surface area (Å²) >= 11 is 0. The van der Waals surface area contributed by atoms with Crippen LogP contribution in [0.25, 0.3) is 0 Å². The first kappa shape index (κ1) is 12.1. The Bertz CT molecular complexity index is 411. The first-order chi connectivity index (χ1) is 8.16. The topological polar surface area (TPSA) is 20.3 Å². The fraction of sp³-hybridized carbons (Fsp3) is 0.500. The number of aryl methyl sites for hydroxylation is 1. The number of amides is 1. The number of carbonyl (C=O) groups is 1. The molecule has 1 saturated heterocycles. The van der Waals surface area contributed by atoms with Gasteiger partial charge >= 0.3 is 0 Å². The van der Waals surface area contributed by atoms with Gasteiger partial charge in [0.15, 0.2) is 0 Å². The summed E-state index contributed by atoms with van der Waals surface area (Å²) in [5.74, 6) is -0.0731. The maximum absolute atomic E-state index is 12.9. The van der Waals surface area contributed by atoms with Gasteiger partial charge in [0.1, 0.15) is 5.82 Å². The largest absolute Gasteiger partial charge is 0.342 e. The van der Waals surface area contributed by atoms with Crippen LogP contribution in [0.5, 0.6) is 0 Å². The van der Waals surface area contributed by atoms with E-state index in [0.717, 1.165) is 37.1 Å². The Hall–Kier alpha value is -1.38. The number of hydrogen-bond donors (Lipinski definition) is 0. The molecular formula is C14H18FNO. The van der Waals surface area contributed by atoms with Gasteiger partial charge in [0, 0.05) is 13.1 Å². The van der Waals surface area contributed by atoms with Crippen LogP contribution in [0.4, 0.5) is 4.39 Å². The minimum Gasteiger partial charge on any atom is -0.342 e. The lowest BCUT2D eigenvalue weighted by atomic mass is 10.0. The third-order valence-electron chi connectivity index (χ3n) is 3.36. The predicted molar refractivity (Wildman–Crippen MR) is 65.3 cm³/mol. The smallest absolute Gasteiger partial charge is 0.226 e. The number of piperidine rings is 1. The van der Waals surface area contributed by atoms with Gasteiger partial charge in [0.2, 0.25) is 5.91 Å². The van der Waals surface area contributed by atoms with Crippen molar-refractivity contribution in [1.29, 1.82) is 0 Å². The van der Waals surface area contributed by atoms with Crippen molar-refractivity contribution >= 4 is 5.91 Å². The van der Waals surface area contributed by atoms with Crippen molar-refractivity contribution in [2.24, 2.45) is 0 Å². The van der Waals surface area contributed by atoms with Crippen molar-refractivity contribution in [3.8, 4) is 0 Å². The summed E-state index contributed by atoms with van der Waals surface area (Å²) in [6.07, 6.45) is 3.83. The van der Waals surface area contributed by atoms with E-state index in [0.29, 0.717) is 6.42 Å². The van der Waals surface area contributed by atoms with Crippen LogP contribution in [0.2, 0.25) is 0 Å². The Morgan fingerprint density at radius 3 is 2.65 bits per heavy atom. The van der Waals surface area contributed by atoms with E-state index in [1.54, 1.807) is 6.07 Å². The van der Waals surface area contributed by atoms with Crippen LogP contribution in [-0.2, 0) is 11.2 Å². The minimum atomic E-state index is -0.239. The Morgan fingerprint density at radius 2 is 2.00 bits per heavy atom. The standard InChI is InChI=1S/C14H18FNO/c1-11-9-13(15)6-5-12(11)10-14(17)16-7-3-2-4-8-16/h5-6,9H,2-4,7-8,10H2,1H3. The van der Waals surface area contributed by atoms with E-state index >= 15 is 0 Å². The highest BCUT2D eigenvalue weighted by Crippen LogP contribution is 2.14. The Labute approximate surface area is 101 Å². The Kier molecular flexibility index (Phi) is 3.77. The second-order valence-electron chi connectivity index (χ2n) is 4.69. The summed E-state index contributed by atoms with van der Waals surface area (Å²) in [4.78, 5) is 14.0. The molecule has 1 aliphatic rings. The molecule has 1 aromatic carbocycles. The molecule has 0 aromatic heterocycles. The molecule has 0 bridgehead atoms. The van der Waals surface area contributed by atoms with Crippen LogP contribution in [0.1, 0.15) is 30.4 Å². The molecule has 2 nitrogen and oxygen atoms in total. The molecule has 0 spiro atoms. The van der Waals surface area contributed by atoms with E-state index in [1.165, 1.54) is 18.6 Å². The fourth-order valence-electron chi connectivity index (χ4n) is 2.28. The average Bonchev–Trinajstić information content (AvgIpc) is 2.34. The SMILES string of the molecule is Cc1cc(F)ccc1CC(=O)N1CCCCC1. The zero-order valence-electron chi connectivity index (χ0n) is 10.2. The second kappa shape index (κ2) is 5.30. The summed E-state index contributed by atoms with van der Waals surface area (Å²) in [5, 5.41) is 0. The number of hydrogen-bond acceptors (Lipinski definition) is 1. The highest BCUT2D eigenvalue weighted by Gasteiger charge is 2.17. The predicted octanol–water partition coefficient (Wildman–Crippen LogP) is 2.69. The van der Waals surface area contributed by atoms with E-state index in [1.807, 2.05) is 11.8 Å². The van der Waals surface area contributed by atoms with E-state index in [2.05, 4.69) is 0 Å². The number of benzene rings is 1. The van der Waals surface area contributed by atoms with Crippen molar-refractivity contribution in [2.75, 3.05) is 13.1 Å². The Balaban J connectivity index is 2.02. The highest BCUT2D eigenvalue weighted by molar-refractivity contribution is 5.79. The zero-order chi connectivity index (χ0) is 12.3. The van der Waals surface area contributed by atoms with Crippen molar-refractivity contribution < 1.29 is 9.18 Å². The molecule has 17 heavy (non-hydrogen) atoms. The lowest BCUT2D eigenvalue weighted by Gasteiger charge is -2.27. The Morgan fingerprint density at radius 1 is 1.29 bits per heavy atom. The molecule has 0 aliphatic carbocycles. The van der Waals surface area contributed by atoms with Gasteiger partial charge in [0.25, 0.3) is 0 Å². The third kappa shape index (κ3) is 3.05. The van der Waals surface area contributed by atoms with E-state index < -0.39 is 0 Å². The number of rotatable bonds is 2. The molecule has 2 rings (SSSR count). The lowest BCUT2D eigenvalue weighted by Crippen LogP contribution is -2.36. The third-order valence-corrected chi connectivity index (χ3v) is 3.36. The van der Waals surface area contributed by atoms with E-state index in [4.69, 9.17) is 0 Å². The molecule has 3 heteroatoms. The van der Waals surface area contributed by atoms with Gasteiger partial charge in [-0.15, -0.1) is 0 Å². The summed E-state index contributed by atoms with van der Waals surface area (Å²) in [6.45, 7) is 3.60. The van der Waals surface area contributed by atoms with Gasteiger partial charge in [-0.1, -0.05) is 6.07 Å². The number of halogens is 1. The number of likely N-dealkylation sites (tertiary alicyclic amines) is 1. The van der Waals surface area contributed by atoms with E-state index in [9.17, 15) is 9.18 Å². The van der Waals surface area contributed by atoms with Gasteiger partial charge < -0.3 is 4.90 Å². The number of nitrogens with zero attached hydrogens (tertiary/aromatic N) is 1. The molecule has 1 aromatic rings. The lowest BCUT2D eigenvalue weighted by molar-refractivity contribution is -0.131. The van der Waals surface area contributed by atoms with Gasteiger partial charge in [-0.25, -0.2) is 4.39 Å². The van der Waals surface area contributed by atoms with Crippen LogP contribution in [-0.4, -0.2) is 23.9 Å². The molecule has 92 valence electrons. The molecule has 1 fully saturated rings. The number of carbonyl (C=O) groups excluding carboxylic acids is 1. The van der Waals surface area contributed by atoms with Crippen molar-refractivity contribution in [3.05, 3.63) is 35.1 Å². The van der Waals surface area contributed by atoms with Gasteiger partial charge in [-0.05, 0) is 49.4 Å². The molecule has 0 unspecified atom stereocenters. The van der Waals surface area contributed by atoms with Crippen LogP contribution in [0, 0.1) is 12.7 Å². The van der Waals surface area contributed by atoms with Crippen LogP contribution >= 0.6 is 0 Å². The van der Waals surface area contributed by atoms with Crippen LogP contribution in [0.3, 0.4) is 0 Å². The van der Waals surface area contributed by atoms with Gasteiger partial charge in [0.05, 0.1) is 6.42 Å². The highest BCUT2D eigenvalue weighted by atomic mass is 19.1. The van der Waals surface area contributed by atoms with Crippen molar-refractivity contribution in [1.82, 2.24) is 4.90 Å². The zero-order valence-corrected chi connectivity index (χ0v) is 10.2. The van der Waals surface area contributed by atoms with Crippen LogP contribution in [0.15, 0.2) is 18.2 Å². The summed E-state index contributed by atoms with van der Waals surface area (Å²) < 4.78 is 12.9. The molecule has 1 aliphatic heterocycles. The van der Waals surface area contributed by atoms with Gasteiger partial charge in [-0.3, -0.25) is 4.79 Å². The summed E-state index contributed by atoms with van der Waals surface area (Å²) in [7, 11) is 0. The fourth-order valence-corrected chi connectivity index (χ4v) is 2.28. The van der Waals surface area contributed by atoms with Crippen molar-refractivity contribution in [2.45, 2.75) is 32.6 Å². The monoisotopic (exact) mass is 235 g/mol.